The second kappa shape index (κ2) is 4.14. The summed E-state index contributed by atoms with van der Waals surface area (Å²) in [5.41, 5.74) is 1.36. The van der Waals surface area contributed by atoms with Gasteiger partial charge in [0.1, 0.15) is 0 Å². The SMILES string of the molecule is CN(C)CCc1c[c]ccc1. The first-order chi connectivity index (χ1) is 5.29. The first-order valence-corrected chi connectivity index (χ1v) is 3.89. The van der Waals surface area contributed by atoms with E-state index in [-0.39, 0.29) is 0 Å². The van der Waals surface area contributed by atoms with Crippen molar-refractivity contribution in [3.05, 3.63) is 35.9 Å². The van der Waals surface area contributed by atoms with Crippen molar-refractivity contribution in [2.24, 2.45) is 0 Å². The van der Waals surface area contributed by atoms with E-state index in [4.69, 9.17) is 0 Å². The van der Waals surface area contributed by atoms with Gasteiger partial charge < -0.3 is 4.90 Å². The third-order valence-corrected chi connectivity index (χ3v) is 1.62. The first-order valence-electron chi connectivity index (χ1n) is 3.89. The van der Waals surface area contributed by atoms with Crippen LogP contribution in [0.25, 0.3) is 0 Å². The average molecular weight is 148 g/mol. The molecule has 0 aromatic heterocycles. The summed E-state index contributed by atoms with van der Waals surface area (Å²) < 4.78 is 0. The van der Waals surface area contributed by atoms with Gasteiger partial charge in [-0.25, -0.2) is 0 Å². The third kappa shape index (κ3) is 3.19. The highest BCUT2D eigenvalue weighted by Gasteiger charge is 1.91. The Bertz CT molecular complexity index is 191. The molecule has 1 nitrogen and oxygen atoms in total. The Kier molecular flexibility index (Phi) is 3.12. The lowest BCUT2D eigenvalue weighted by atomic mass is 10.1. The van der Waals surface area contributed by atoms with Crippen LogP contribution in [0.4, 0.5) is 0 Å². The number of hydrogen-bond acceptors (Lipinski definition) is 1. The molecule has 0 N–H and O–H groups in total. The Labute approximate surface area is 68.7 Å². The van der Waals surface area contributed by atoms with Gasteiger partial charge in [0, 0.05) is 6.54 Å². The molecule has 1 rings (SSSR count). The zero-order valence-electron chi connectivity index (χ0n) is 7.17. The quantitative estimate of drug-likeness (QED) is 0.629. The van der Waals surface area contributed by atoms with Crippen molar-refractivity contribution in [3.8, 4) is 0 Å². The standard InChI is InChI=1S/C10H14N/c1-11(2)9-8-10-6-4-3-5-7-10/h3-4,6-7H,8-9H2,1-2H3. The van der Waals surface area contributed by atoms with E-state index in [1.807, 2.05) is 18.2 Å². The molecular weight excluding hydrogens is 134 g/mol. The Morgan fingerprint density at radius 1 is 1.45 bits per heavy atom. The number of hydrogen-bond donors (Lipinski definition) is 0. The molecule has 1 radical (unpaired) electrons. The summed E-state index contributed by atoms with van der Waals surface area (Å²) in [4.78, 5) is 2.19. The van der Waals surface area contributed by atoms with Crippen LogP contribution in [-0.2, 0) is 6.42 Å². The molecule has 0 heterocycles. The molecule has 0 saturated heterocycles. The minimum atomic E-state index is 1.11. The summed E-state index contributed by atoms with van der Waals surface area (Å²) in [5.74, 6) is 0. The van der Waals surface area contributed by atoms with Crippen LogP contribution in [0.15, 0.2) is 24.3 Å². The van der Waals surface area contributed by atoms with Gasteiger partial charge in [-0.15, -0.1) is 0 Å². The molecule has 0 atom stereocenters. The van der Waals surface area contributed by atoms with E-state index < -0.39 is 0 Å². The Morgan fingerprint density at radius 3 is 2.82 bits per heavy atom. The molecule has 0 amide bonds. The van der Waals surface area contributed by atoms with Crippen molar-refractivity contribution in [2.45, 2.75) is 6.42 Å². The van der Waals surface area contributed by atoms with E-state index in [0.717, 1.165) is 13.0 Å². The third-order valence-electron chi connectivity index (χ3n) is 1.62. The second-order valence-electron chi connectivity index (χ2n) is 2.96. The van der Waals surface area contributed by atoms with Gasteiger partial charge in [0.05, 0.1) is 0 Å². The maximum absolute atomic E-state index is 3.07. The molecule has 0 aliphatic rings. The molecule has 1 aromatic carbocycles. The van der Waals surface area contributed by atoms with Crippen LogP contribution < -0.4 is 0 Å². The molecule has 1 heteroatoms. The van der Waals surface area contributed by atoms with Gasteiger partial charge in [-0.05, 0) is 32.1 Å². The molecule has 59 valence electrons. The topological polar surface area (TPSA) is 3.24 Å². The highest BCUT2D eigenvalue weighted by atomic mass is 15.0. The smallest absolute Gasteiger partial charge is 0.00157 e. The van der Waals surface area contributed by atoms with E-state index in [2.05, 4.69) is 31.1 Å². The van der Waals surface area contributed by atoms with E-state index in [0.29, 0.717) is 0 Å². The van der Waals surface area contributed by atoms with E-state index in [1.165, 1.54) is 5.56 Å². The maximum atomic E-state index is 3.07. The van der Waals surface area contributed by atoms with Gasteiger partial charge in [0.25, 0.3) is 0 Å². The second-order valence-corrected chi connectivity index (χ2v) is 2.96. The number of rotatable bonds is 3. The van der Waals surface area contributed by atoms with Crippen molar-refractivity contribution < 1.29 is 0 Å². The molecule has 1 aromatic rings. The fourth-order valence-corrected chi connectivity index (χ4v) is 0.939. The molecule has 0 saturated carbocycles. The Hall–Kier alpha value is -0.820. The van der Waals surface area contributed by atoms with Crippen LogP contribution in [0.2, 0.25) is 0 Å². The first kappa shape index (κ1) is 8.28. The zero-order valence-corrected chi connectivity index (χ0v) is 7.17. The lowest BCUT2D eigenvalue weighted by Crippen LogP contribution is -2.14. The number of nitrogens with zero attached hydrogens (tertiary/aromatic N) is 1. The molecule has 0 aliphatic heterocycles. The van der Waals surface area contributed by atoms with Crippen LogP contribution in [0.1, 0.15) is 5.56 Å². The predicted molar refractivity (Wildman–Crippen MR) is 47.5 cm³/mol. The van der Waals surface area contributed by atoms with Gasteiger partial charge >= 0.3 is 0 Å². The summed E-state index contributed by atoms with van der Waals surface area (Å²) in [7, 11) is 4.18. The van der Waals surface area contributed by atoms with Crippen molar-refractivity contribution >= 4 is 0 Å². The average Bonchev–Trinajstić information content (AvgIpc) is 2.03. The molecular formula is C10H14N. The van der Waals surface area contributed by atoms with E-state index in [9.17, 15) is 0 Å². The minimum Gasteiger partial charge on any atom is -0.309 e. The summed E-state index contributed by atoms with van der Waals surface area (Å²) in [5, 5.41) is 0. The molecule has 0 bridgehead atoms. The van der Waals surface area contributed by atoms with Gasteiger partial charge in [-0.1, -0.05) is 24.3 Å². The summed E-state index contributed by atoms with van der Waals surface area (Å²) in [6, 6.07) is 11.2. The summed E-state index contributed by atoms with van der Waals surface area (Å²) in [6.07, 6.45) is 1.12. The van der Waals surface area contributed by atoms with Crippen LogP contribution in [-0.4, -0.2) is 25.5 Å². The van der Waals surface area contributed by atoms with Gasteiger partial charge in [-0.3, -0.25) is 0 Å². The fourth-order valence-electron chi connectivity index (χ4n) is 0.939. The monoisotopic (exact) mass is 148 g/mol. The molecule has 0 fully saturated rings. The predicted octanol–water partition coefficient (Wildman–Crippen LogP) is 1.59. The lowest BCUT2D eigenvalue weighted by Gasteiger charge is -2.08. The van der Waals surface area contributed by atoms with Crippen LogP contribution >= 0.6 is 0 Å². The van der Waals surface area contributed by atoms with Crippen molar-refractivity contribution in [3.63, 3.8) is 0 Å². The molecule has 0 spiro atoms. The van der Waals surface area contributed by atoms with Crippen LogP contribution in [0.3, 0.4) is 0 Å². The highest BCUT2D eigenvalue weighted by molar-refractivity contribution is 5.13. The summed E-state index contributed by atoms with van der Waals surface area (Å²) >= 11 is 0. The summed E-state index contributed by atoms with van der Waals surface area (Å²) in [6.45, 7) is 1.11. The highest BCUT2D eigenvalue weighted by Crippen LogP contribution is 1.98. The van der Waals surface area contributed by atoms with Gasteiger partial charge in [-0.2, -0.15) is 0 Å². The van der Waals surface area contributed by atoms with Crippen molar-refractivity contribution in [2.75, 3.05) is 20.6 Å². The lowest BCUT2D eigenvalue weighted by molar-refractivity contribution is 0.413. The maximum Gasteiger partial charge on any atom is 0.00157 e. The van der Waals surface area contributed by atoms with Gasteiger partial charge in [0.2, 0.25) is 0 Å². The van der Waals surface area contributed by atoms with E-state index >= 15 is 0 Å². The Morgan fingerprint density at radius 2 is 2.27 bits per heavy atom. The number of benzene rings is 1. The minimum absolute atomic E-state index is 1.11. The largest absolute Gasteiger partial charge is 0.309 e. The van der Waals surface area contributed by atoms with Crippen molar-refractivity contribution in [1.29, 1.82) is 0 Å². The van der Waals surface area contributed by atoms with Crippen LogP contribution in [0, 0.1) is 6.07 Å². The Balaban J connectivity index is 2.39. The zero-order chi connectivity index (χ0) is 8.10. The van der Waals surface area contributed by atoms with Crippen LogP contribution in [0.5, 0.6) is 0 Å². The van der Waals surface area contributed by atoms with E-state index in [1.54, 1.807) is 0 Å². The fraction of sp³-hybridized carbons (Fsp3) is 0.400. The van der Waals surface area contributed by atoms with Gasteiger partial charge in [0.15, 0.2) is 0 Å². The normalized spacial score (nSPS) is 10.5. The number of likely N-dealkylation sites (N-methyl/N-ethyl adjacent to an activating group) is 1. The molecule has 11 heavy (non-hydrogen) atoms. The molecule has 0 aliphatic carbocycles. The molecule has 0 unspecified atom stereocenters. The van der Waals surface area contributed by atoms with Crippen molar-refractivity contribution in [1.82, 2.24) is 4.90 Å².